The first kappa shape index (κ1) is 16.9. The summed E-state index contributed by atoms with van der Waals surface area (Å²) < 4.78 is 19.2. The van der Waals surface area contributed by atoms with Crippen LogP contribution in [-0.4, -0.2) is 23.4 Å². The number of hydrogen-bond donors (Lipinski definition) is 2. The predicted molar refractivity (Wildman–Crippen MR) is 92.5 cm³/mol. The van der Waals surface area contributed by atoms with Crippen molar-refractivity contribution in [3.63, 3.8) is 0 Å². The third-order valence-electron chi connectivity index (χ3n) is 4.53. The van der Waals surface area contributed by atoms with E-state index in [9.17, 15) is 9.50 Å². The fourth-order valence-electron chi connectivity index (χ4n) is 3.25. The van der Waals surface area contributed by atoms with Gasteiger partial charge in [0.2, 0.25) is 0 Å². The number of aliphatic hydroxyl groups excluding tert-OH is 1. The highest BCUT2D eigenvalue weighted by Crippen LogP contribution is 2.25. The molecule has 0 radical (unpaired) electrons. The van der Waals surface area contributed by atoms with Crippen LogP contribution in [0.15, 0.2) is 48.5 Å². The second kappa shape index (κ2) is 7.77. The Hall–Kier alpha value is -1.91. The van der Waals surface area contributed by atoms with E-state index in [1.165, 1.54) is 12.1 Å². The molecule has 2 N–H and O–H groups in total. The molecule has 1 saturated carbocycles. The molecule has 3 nitrogen and oxygen atoms in total. The van der Waals surface area contributed by atoms with Crippen molar-refractivity contribution in [3.05, 3.63) is 65.5 Å². The van der Waals surface area contributed by atoms with Crippen molar-refractivity contribution >= 4 is 0 Å². The van der Waals surface area contributed by atoms with Gasteiger partial charge < -0.3 is 15.2 Å². The van der Waals surface area contributed by atoms with Crippen LogP contribution >= 0.6 is 0 Å². The van der Waals surface area contributed by atoms with Crippen molar-refractivity contribution < 1.29 is 14.2 Å². The van der Waals surface area contributed by atoms with Crippen LogP contribution in [0.2, 0.25) is 0 Å². The monoisotopic (exact) mass is 329 g/mol. The second-order valence-corrected chi connectivity index (χ2v) is 6.51. The van der Waals surface area contributed by atoms with Gasteiger partial charge in [-0.25, -0.2) is 4.39 Å². The SMILES string of the molecule is Cc1cccc(O[C@@H]2CCC[C@H](NCc3cccc(F)c3)[C@H]2O)c1. The molecule has 24 heavy (non-hydrogen) atoms. The Bertz CT molecular complexity index is 676. The van der Waals surface area contributed by atoms with Crippen LogP contribution < -0.4 is 10.1 Å². The van der Waals surface area contributed by atoms with Crippen LogP contribution in [0, 0.1) is 12.7 Å². The zero-order chi connectivity index (χ0) is 16.9. The molecule has 1 aliphatic carbocycles. The van der Waals surface area contributed by atoms with Gasteiger partial charge in [-0.05, 0) is 61.6 Å². The van der Waals surface area contributed by atoms with Crippen LogP contribution in [0.5, 0.6) is 5.75 Å². The molecule has 0 bridgehead atoms. The summed E-state index contributed by atoms with van der Waals surface area (Å²) in [6.07, 6.45) is 1.93. The molecule has 0 saturated heterocycles. The Labute approximate surface area is 142 Å². The molecule has 0 unspecified atom stereocenters. The molecule has 3 rings (SSSR count). The highest BCUT2D eigenvalue weighted by atomic mass is 19.1. The number of rotatable bonds is 5. The van der Waals surface area contributed by atoms with Crippen LogP contribution in [-0.2, 0) is 6.54 Å². The summed E-state index contributed by atoms with van der Waals surface area (Å²) in [5, 5.41) is 14.0. The summed E-state index contributed by atoms with van der Waals surface area (Å²) in [6.45, 7) is 2.56. The van der Waals surface area contributed by atoms with E-state index in [1.807, 2.05) is 37.3 Å². The first-order valence-electron chi connectivity index (χ1n) is 8.51. The van der Waals surface area contributed by atoms with Crippen LogP contribution in [0.3, 0.4) is 0 Å². The van der Waals surface area contributed by atoms with Crippen LogP contribution in [0.4, 0.5) is 4.39 Å². The fourth-order valence-corrected chi connectivity index (χ4v) is 3.25. The molecule has 2 aromatic carbocycles. The Morgan fingerprint density at radius 2 is 2.00 bits per heavy atom. The molecule has 3 atom stereocenters. The summed E-state index contributed by atoms with van der Waals surface area (Å²) in [6, 6.07) is 14.4. The summed E-state index contributed by atoms with van der Waals surface area (Å²) >= 11 is 0. The normalized spacial score (nSPS) is 23.9. The highest BCUT2D eigenvalue weighted by molar-refractivity contribution is 5.27. The first-order chi connectivity index (χ1) is 11.6. The van der Waals surface area contributed by atoms with Crippen LogP contribution in [0.25, 0.3) is 0 Å². The zero-order valence-electron chi connectivity index (χ0n) is 13.9. The van der Waals surface area contributed by atoms with Gasteiger partial charge in [-0.3, -0.25) is 0 Å². The number of aryl methyl sites for hydroxylation is 1. The lowest BCUT2D eigenvalue weighted by atomic mass is 9.89. The average Bonchev–Trinajstić information content (AvgIpc) is 2.56. The van der Waals surface area contributed by atoms with E-state index in [1.54, 1.807) is 6.07 Å². The summed E-state index contributed by atoms with van der Waals surface area (Å²) in [5.41, 5.74) is 2.02. The maximum absolute atomic E-state index is 13.2. The minimum atomic E-state index is -0.576. The van der Waals surface area contributed by atoms with Gasteiger partial charge in [0.1, 0.15) is 23.8 Å². The van der Waals surface area contributed by atoms with E-state index in [-0.39, 0.29) is 18.0 Å². The molecule has 0 heterocycles. The van der Waals surface area contributed by atoms with Gasteiger partial charge in [0, 0.05) is 12.6 Å². The number of aliphatic hydroxyl groups is 1. The lowest BCUT2D eigenvalue weighted by Crippen LogP contribution is -2.50. The molecule has 0 amide bonds. The van der Waals surface area contributed by atoms with Crippen molar-refractivity contribution in [3.8, 4) is 5.75 Å². The minimum Gasteiger partial charge on any atom is -0.488 e. The summed E-state index contributed by atoms with van der Waals surface area (Å²) in [5.74, 6) is 0.559. The molecular formula is C20H24FNO2. The van der Waals surface area contributed by atoms with Crippen LogP contribution in [0.1, 0.15) is 30.4 Å². The Balaban J connectivity index is 1.59. The topological polar surface area (TPSA) is 41.5 Å². The maximum Gasteiger partial charge on any atom is 0.126 e. The number of ether oxygens (including phenoxy) is 1. The summed E-state index contributed by atoms with van der Waals surface area (Å²) in [7, 11) is 0. The van der Waals surface area contributed by atoms with Gasteiger partial charge in [-0.2, -0.15) is 0 Å². The summed E-state index contributed by atoms with van der Waals surface area (Å²) in [4.78, 5) is 0. The molecule has 128 valence electrons. The predicted octanol–water partition coefficient (Wildman–Crippen LogP) is 3.58. The van der Waals surface area contributed by atoms with E-state index in [4.69, 9.17) is 4.74 Å². The molecule has 2 aromatic rings. The number of halogens is 1. The van der Waals surface area contributed by atoms with Crippen molar-refractivity contribution in [2.75, 3.05) is 0 Å². The molecule has 1 aliphatic rings. The number of nitrogens with one attached hydrogen (secondary N) is 1. The minimum absolute atomic E-state index is 0.0446. The standard InChI is InChI=1S/C20H24FNO2/c1-14-5-2-8-17(11-14)24-19-10-4-9-18(20(19)23)22-13-15-6-3-7-16(21)12-15/h2-3,5-8,11-12,18-20,22-23H,4,9-10,13H2,1H3/t18-,19+,20+/m0/s1. The molecule has 1 fully saturated rings. The fraction of sp³-hybridized carbons (Fsp3) is 0.400. The molecular weight excluding hydrogens is 305 g/mol. The Kier molecular flexibility index (Phi) is 5.48. The lowest BCUT2D eigenvalue weighted by Gasteiger charge is -2.35. The second-order valence-electron chi connectivity index (χ2n) is 6.51. The largest absolute Gasteiger partial charge is 0.488 e. The van der Waals surface area contributed by atoms with Gasteiger partial charge in [0.15, 0.2) is 0 Å². The Morgan fingerprint density at radius 3 is 2.79 bits per heavy atom. The highest BCUT2D eigenvalue weighted by Gasteiger charge is 2.33. The Morgan fingerprint density at radius 1 is 1.17 bits per heavy atom. The quantitative estimate of drug-likeness (QED) is 0.881. The van der Waals surface area contributed by atoms with E-state index in [2.05, 4.69) is 5.32 Å². The maximum atomic E-state index is 13.2. The van der Waals surface area contributed by atoms with E-state index < -0.39 is 6.10 Å². The smallest absolute Gasteiger partial charge is 0.126 e. The number of benzene rings is 2. The first-order valence-corrected chi connectivity index (χ1v) is 8.51. The zero-order valence-corrected chi connectivity index (χ0v) is 13.9. The average molecular weight is 329 g/mol. The van der Waals surface area contributed by atoms with Gasteiger partial charge in [-0.15, -0.1) is 0 Å². The lowest BCUT2D eigenvalue weighted by molar-refractivity contribution is -0.0157. The van der Waals surface area contributed by atoms with Gasteiger partial charge in [-0.1, -0.05) is 24.3 Å². The van der Waals surface area contributed by atoms with Crippen molar-refractivity contribution in [1.82, 2.24) is 5.32 Å². The number of hydrogen-bond acceptors (Lipinski definition) is 3. The van der Waals surface area contributed by atoms with Gasteiger partial charge in [0.25, 0.3) is 0 Å². The molecule has 0 spiro atoms. The van der Waals surface area contributed by atoms with Crippen molar-refractivity contribution in [2.24, 2.45) is 0 Å². The molecule has 0 aliphatic heterocycles. The molecule has 0 aromatic heterocycles. The van der Waals surface area contributed by atoms with Crippen molar-refractivity contribution in [2.45, 2.75) is 51.0 Å². The van der Waals surface area contributed by atoms with E-state index in [0.29, 0.717) is 6.54 Å². The van der Waals surface area contributed by atoms with E-state index >= 15 is 0 Å². The van der Waals surface area contributed by atoms with Gasteiger partial charge in [0.05, 0.1) is 0 Å². The van der Waals surface area contributed by atoms with Crippen molar-refractivity contribution in [1.29, 1.82) is 0 Å². The third-order valence-corrected chi connectivity index (χ3v) is 4.53. The molecule has 4 heteroatoms. The van der Waals surface area contributed by atoms with Gasteiger partial charge >= 0.3 is 0 Å². The third kappa shape index (κ3) is 4.34. The van der Waals surface area contributed by atoms with E-state index in [0.717, 1.165) is 36.1 Å².